The molecule has 0 spiro atoms. The van der Waals surface area contributed by atoms with E-state index in [1.807, 2.05) is 13.8 Å². The highest BCUT2D eigenvalue weighted by atomic mass is 35.5. The van der Waals surface area contributed by atoms with Crippen molar-refractivity contribution in [2.24, 2.45) is 5.92 Å². The van der Waals surface area contributed by atoms with Gasteiger partial charge in [0.25, 0.3) is 5.91 Å². The van der Waals surface area contributed by atoms with E-state index < -0.39 is 17.9 Å². The zero-order valence-electron chi connectivity index (χ0n) is 14.0. The van der Waals surface area contributed by atoms with Crippen LogP contribution in [0, 0.1) is 5.92 Å². The molecule has 2 rings (SSSR count). The molecule has 0 bridgehead atoms. The largest absolute Gasteiger partial charge is 0.340 e. The number of hydrogen-bond donors (Lipinski definition) is 2. The lowest BCUT2D eigenvalue weighted by Crippen LogP contribution is -2.47. The van der Waals surface area contributed by atoms with Crippen LogP contribution in [0.2, 0.25) is 5.02 Å². The number of thiazole rings is 1. The molecule has 1 aromatic heterocycles. The van der Waals surface area contributed by atoms with Gasteiger partial charge in [-0.1, -0.05) is 37.6 Å². The third-order valence-electron chi connectivity index (χ3n) is 3.45. The Labute approximate surface area is 154 Å². The number of halogens is 1. The Bertz CT molecular complexity index is 804. The molecule has 6 nitrogen and oxygen atoms in total. The second-order valence-electron chi connectivity index (χ2n) is 5.76. The number of rotatable bonds is 6. The minimum absolute atomic E-state index is 0.154. The Kier molecular flexibility index (Phi) is 6.27. The van der Waals surface area contributed by atoms with Crippen molar-refractivity contribution in [3.8, 4) is 0 Å². The minimum Gasteiger partial charge on any atom is -0.340 e. The van der Waals surface area contributed by atoms with Crippen molar-refractivity contribution >= 4 is 45.7 Å². The Hall–Kier alpha value is -2.25. The Balaban J connectivity index is 2.11. The highest BCUT2D eigenvalue weighted by Crippen LogP contribution is 2.18. The van der Waals surface area contributed by atoms with E-state index >= 15 is 0 Å². The van der Waals surface area contributed by atoms with Crippen molar-refractivity contribution in [1.29, 1.82) is 0 Å². The van der Waals surface area contributed by atoms with Crippen LogP contribution in [0.15, 0.2) is 29.6 Å². The second kappa shape index (κ2) is 8.22. The highest BCUT2D eigenvalue weighted by molar-refractivity contribution is 7.14. The number of nitrogens with zero attached hydrogens (tertiary/aromatic N) is 1. The van der Waals surface area contributed by atoms with Crippen LogP contribution in [0.25, 0.3) is 0 Å². The van der Waals surface area contributed by atoms with Crippen molar-refractivity contribution in [3.63, 3.8) is 0 Å². The lowest BCUT2D eigenvalue weighted by Gasteiger charge is -2.21. The summed E-state index contributed by atoms with van der Waals surface area (Å²) in [6.07, 6.45) is 0. The van der Waals surface area contributed by atoms with Gasteiger partial charge in [0.2, 0.25) is 5.91 Å². The van der Waals surface area contributed by atoms with E-state index in [0.29, 0.717) is 21.4 Å². The van der Waals surface area contributed by atoms with Crippen LogP contribution in [0.4, 0.5) is 5.13 Å². The molecule has 0 fully saturated rings. The predicted molar refractivity (Wildman–Crippen MR) is 98.3 cm³/mol. The molecule has 1 heterocycles. The summed E-state index contributed by atoms with van der Waals surface area (Å²) < 4.78 is 0. The Morgan fingerprint density at radius 1 is 1.20 bits per heavy atom. The van der Waals surface area contributed by atoms with Crippen LogP contribution in [0.5, 0.6) is 0 Å². The van der Waals surface area contributed by atoms with Crippen molar-refractivity contribution in [2.45, 2.75) is 26.8 Å². The number of aromatic nitrogens is 1. The van der Waals surface area contributed by atoms with Gasteiger partial charge in [-0.3, -0.25) is 14.4 Å². The molecule has 0 saturated heterocycles. The molecule has 8 heteroatoms. The van der Waals surface area contributed by atoms with Gasteiger partial charge in [0.15, 0.2) is 10.9 Å². The first-order valence-corrected chi connectivity index (χ1v) is 8.88. The first-order chi connectivity index (χ1) is 11.8. The number of hydrogen-bond acceptors (Lipinski definition) is 5. The monoisotopic (exact) mass is 379 g/mol. The zero-order valence-corrected chi connectivity index (χ0v) is 15.6. The van der Waals surface area contributed by atoms with Crippen LogP contribution in [0.1, 0.15) is 41.6 Å². The lowest BCUT2D eigenvalue weighted by atomic mass is 10.0. The number of amides is 2. The molecule has 25 heavy (non-hydrogen) atoms. The number of ketones is 1. The third-order valence-corrected chi connectivity index (χ3v) is 4.54. The predicted octanol–water partition coefficient (Wildman–Crippen LogP) is 3.39. The van der Waals surface area contributed by atoms with Crippen molar-refractivity contribution in [2.75, 3.05) is 5.32 Å². The SMILES string of the molecule is CC(=O)c1csc(NC(=O)[C@@H](NC(=O)c2ccccc2Cl)C(C)C)n1. The topological polar surface area (TPSA) is 88.2 Å². The standard InChI is InChI=1S/C17H18ClN3O3S/c1-9(2)14(20-15(23)11-6-4-5-7-12(11)18)16(24)21-17-19-13(8-25-17)10(3)22/h4-9,14H,1-3H3,(H,20,23)(H,19,21,24)/t14-/m0/s1. The van der Waals surface area contributed by atoms with E-state index in [1.165, 1.54) is 6.92 Å². The van der Waals surface area contributed by atoms with Gasteiger partial charge >= 0.3 is 0 Å². The van der Waals surface area contributed by atoms with E-state index in [2.05, 4.69) is 15.6 Å². The molecule has 0 radical (unpaired) electrons. The number of carbonyl (C=O) groups excluding carboxylic acids is 3. The molecule has 2 aromatic rings. The highest BCUT2D eigenvalue weighted by Gasteiger charge is 2.26. The first kappa shape index (κ1) is 19.1. The smallest absolute Gasteiger partial charge is 0.253 e. The average molecular weight is 380 g/mol. The zero-order chi connectivity index (χ0) is 18.6. The molecule has 0 aliphatic carbocycles. The summed E-state index contributed by atoms with van der Waals surface area (Å²) >= 11 is 7.18. The Morgan fingerprint density at radius 2 is 1.88 bits per heavy atom. The third kappa shape index (κ3) is 4.87. The molecule has 0 aliphatic heterocycles. The summed E-state index contributed by atoms with van der Waals surface area (Å²) in [6, 6.07) is 5.85. The van der Waals surface area contributed by atoms with Crippen molar-refractivity contribution < 1.29 is 14.4 Å². The van der Waals surface area contributed by atoms with E-state index in [-0.39, 0.29) is 11.7 Å². The van der Waals surface area contributed by atoms with Gasteiger partial charge in [-0.15, -0.1) is 11.3 Å². The van der Waals surface area contributed by atoms with Crippen LogP contribution >= 0.6 is 22.9 Å². The number of carbonyl (C=O) groups is 3. The van der Waals surface area contributed by atoms with E-state index in [0.717, 1.165) is 11.3 Å². The van der Waals surface area contributed by atoms with E-state index in [4.69, 9.17) is 11.6 Å². The molecule has 0 unspecified atom stereocenters. The molecule has 1 atom stereocenters. The van der Waals surface area contributed by atoms with Gasteiger partial charge in [-0.05, 0) is 18.1 Å². The summed E-state index contributed by atoms with van der Waals surface area (Å²) in [5, 5.41) is 7.54. The Morgan fingerprint density at radius 3 is 2.44 bits per heavy atom. The molecular formula is C17H18ClN3O3S. The summed E-state index contributed by atoms with van der Waals surface area (Å²) in [5.74, 6) is -1.16. The van der Waals surface area contributed by atoms with E-state index in [1.54, 1.807) is 29.6 Å². The van der Waals surface area contributed by atoms with Gasteiger partial charge in [-0.2, -0.15) is 0 Å². The normalized spacial score (nSPS) is 11.9. The summed E-state index contributed by atoms with van der Waals surface area (Å²) in [4.78, 5) is 40.2. The molecular weight excluding hydrogens is 362 g/mol. The van der Waals surface area contributed by atoms with E-state index in [9.17, 15) is 14.4 Å². The van der Waals surface area contributed by atoms with Gasteiger partial charge in [0.1, 0.15) is 11.7 Å². The average Bonchev–Trinajstić information content (AvgIpc) is 3.01. The molecule has 2 amide bonds. The van der Waals surface area contributed by atoms with Gasteiger partial charge in [0.05, 0.1) is 10.6 Å². The lowest BCUT2D eigenvalue weighted by molar-refractivity contribution is -0.118. The fourth-order valence-electron chi connectivity index (χ4n) is 2.08. The molecule has 0 aliphatic rings. The van der Waals surface area contributed by atoms with Crippen molar-refractivity contribution in [1.82, 2.24) is 10.3 Å². The van der Waals surface area contributed by atoms with Gasteiger partial charge < -0.3 is 10.6 Å². The van der Waals surface area contributed by atoms with Gasteiger partial charge in [0, 0.05) is 12.3 Å². The van der Waals surface area contributed by atoms with Crippen molar-refractivity contribution in [3.05, 3.63) is 45.9 Å². The maximum absolute atomic E-state index is 12.5. The van der Waals surface area contributed by atoms with Crippen LogP contribution in [0.3, 0.4) is 0 Å². The maximum Gasteiger partial charge on any atom is 0.253 e. The minimum atomic E-state index is -0.770. The second-order valence-corrected chi connectivity index (χ2v) is 7.02. The fraction of sp³-hybridized carbons (Fsp3) is 0.294. The number of benzene rings is 1. The summed E-state index contributed by atoms with van der Waals surface area (Å²) in [5.41, 5.74) is 0.595. The molecule has 1 aromatic carbocycles. The van der Waals surface area contributed by atoms with Crippen LogP contribution in [-0.4, -0.2) is 28.6 Å². The molecule has 132 valence electrons. The number of Topliss-reactive ketones (excluding diaryl/α,β-unsaturated/α-hetero) is 1. The first-order valence-electron chi connectivity index (χ1n) is 7.62. The van der Waals surface area contributed by atoms with Gasteiger partial charge in [-0.25, -0.2) is 4.98 Å². The quantitative estimate of drug-likeness (QED) is 0.753. The summed E-state index contributed by atoms with van der Waals surface area (Å²) in [7, 11) is 0. The fourth-order valence-corrected chi connectivity index (χ4v) is 3.05. The number of anilines is 1. The van der Waals surface area contributed by atoms with Crippen LogP contribution < -0.4 is 10.6 Å². The number of nitrogens with one attached hydrogen (secondary N) is 2. The van der Waals surface area contributed by atoms with Crippen LogP contribution in [-0.2, 0) is 4.79 Å². The maximum atomic E-state index is 12.5. The summed E-state index contributed by atoms with van der Waals surface area (Å²) in [6.45, 7) is 5.04. The molecule has 0 saturated carbocycles. The molecule has 2 N–H and O–H groups in total.